The summed E-state index contributed by atoms with van der Waals surface area (Å²) in [4.78, 5) is 12.4. The predicted molar refractivity (Wildman–Crippen MR) is 80.6 cm³/mol. The zero-order valence-corrected chi connectivity index (χ0v) is 11.9. The molecule has 0 saturated carbocycles. The molecule has 4 nitrogen and oxygen atoms in total. The van der Waals surface area contributed by atoms with E-state index in [2.05, 4.69) is 5.32 Å². The summed E-state index contributed by atoms with van der Waals surface area (Å²) < 4.78 is 5.29. The first kappa shape index (κ1) is 15.2. The molecule has 0 fully saturated rings. The Kier molecular flexibility index (Phi) is 5.49. The van der Waals surface area contributed by atoms with E-state index in [1.54, 1.807) is 0 Å². The van der Waals surface area contributed by atoms with Crippen LogP contribution in [0, 0.1) is 0 Å². The summed E-state index contributed by atoms with van der Waals surface area (Å²) in [5.74, 6) is -0.272. The maximum Gasteiger partial charge on any atom is 0.254 e. The summed E-state index contributed by atoms with van der Waals surface area (Å²) >= 11 is 0. The van der Waals surface area contributed by atoms with Crippen molar-refractivity contribution in [1.82, 2.24) is 5.32 Å². The van der Waals surface area contributed by atoms with Crippen LogP contribution in [0.4, 0.5) is 0 Å². The molecule has 0 bridgehead atoms. The van der Waals surface area contributed by atoms with Gasteiger partial charge in [-0.1, -0.05) is 60.7 Å². The average Bonchev–Trinajstić information content (AvgIpc) is 2.55. The molecule has 0 spiro atoms. The molecule has 2 N–H and O–H groups in total. The fraction of sp³-hybridized carbons (Fsp3) is 0.235. The minimum absolute atomic E-state index is 0.166. The highest BCUT2D eigenvalue weighted by Gasteiger charge is 2.23. The van der Waals surface area contributed by atoms with Gasteiger partial charge in [-0.2, -0.15) is 0 Å². The fourth-order valence-corrected chi connectivity index (χ4v) is 2.19. The molecule has 0 aliphatic carbocycles. The van der Waals surface area contributed by atoms with E-state index >= 15 is 0 Å². The van der Waals surface area contributed by atoms with Gasteiger partial charge in [0.05, 0.1) is 12.6 Å². The summed E-state index contributed by atoms with van der Waals surface area (Å²) in [6.45, 7) is -0.166. The Morgan fingerprint density at radius 1 is 1.05 bits per heavy atom. The highest BCUT2D eigenvalue weighted by atomic mass is 16.5. The Morgan fingerprint density at radius 2 is 1.57 bits per heavy atom. The standard InChI is InChI=1S/C17H19NO3/c1-21-16(14-10-6-3-7-11-14)17(20)18-15(12-19)13-8-4-2-5-9-13/h2-11,15-16,19H,12H2,1H3,(H,18,20). The molecule has 0 saturated heterocycles. The van der Waals surface area contributed by atoms with Crippen LogP contribution < -0.4 is 5.32 Å². The summed E-state index contributed by atoms with van der Waals surface area (Å²) in [6, 6.07) is 18.2. The molecule has 0 radical (unpaired) electrons. The number of methoxy groups -OCH3 is 1. The van der Waals surface area contributed by atoms with Crippen LogP contribution in [-0.4, -0.2) is 24.7 Å². The van der Waals surface area contributed by atoms with Gasteiger partial charge in [0.15, 0.2) is 6.10 Å². The van der Waals surface area contributed by atoms with Crippen molar-refractivity contribution >= 4 is 5.91 Å². The van der Waals surface area contributed by atoms with E-state index in [0.29, 0.717) is 0 Å². The maximum atomic E-state index is 12.4. The van der Waals surface area contributed by atoms with Crippen molar-refractivity contribution in [3.05, 3.63) is 71.8 Å². The molecule has 2 rings (SSSR count). The van der Waals surface area contributed by atoms with Crippen LogP contribution in [0.3, 0.4) is 0 Å². The van der Waals surface area contributed by atoms with Crippen LogP contribution in [0.5, 0.6) is 0 Å². The van der Waals surface area contributed by atoms with Crippen LogP contribution in [-0.2, 0) is 9.53 Å². The lowest BCUT2D eigenvalue weighted by Gasteiger charge is -2.21. The Bertz CT molecular complexity index is 557. The number of ether oxygens (including phenoxy) is 1. The lowest BCUT2D eigenvalue weighted by Crippen LogP contribution is -2.35. The van der Waals surface area contributed by atoms with E-state index < -0.39 is 12.1 Å². The van der Waals surface area contributed by atoms with Crippen molar-refractivity contribution in [3.63, 3.8) is 0 Å². The largest absolute Gasteiger partial charge is 0.394 e. The number of nitrogens with one attached hydrogen (secondary N) is 1. The van der Waals surface area contributed by atoms with E-state index in [0.717, 1.165) is 11.1 Å². The normalized spacial score (nSPS) is 13.4. The molecule has 0 heterocycles. The third-order valence-corrected chi connectivity index (χ3v) is 3.28. The molecule has 21 heavy (non-hydrogen) atoms. The molecule has 2 unspecified atom stereocenters. The number of amides is 1. The summed E-state index contributed by atoms with van der Waals surface area (Å²) in [5.41, 5.74) is 1.64. The summed E-state index contributed by atoms with van der Waals surface area (Å²) in [6.07, 6.45) is -0.691. The number of carbonyl (C=O) groups excluding carboxylic acids is 1. The second-order valence-electron chi connectivity index (χ2n) is 4.68. The van der Waals surface area contributed by atoms with E-state index in [9.17, 15) is 9.90 Å². The first-order valence-electron chi connectivity index (χ1n) is 6.80. The highest BCUT2D eigenvalue weighted by Crippen LogP contribution is 2.19. The fourth-order valence-electron chi connectivity index (χ4n) is 2.19. The highest BCUT2D eigenvalue weighted by molar-refractivity contribution is 5.82. The van der Waals surface area contributed by atoms with Gasteiger partial charge >= 0.3 is 0 Å². The van der Waals surface area contributed by atoms with E-state index in [4.69, 9.17) is 4.74 Å². The SMILES string of the molecule is COC(C(=O)NC(CO)c1ccccc1)c1ccccc1. The summed E-state index contributed by atoms with van der Waals surface area (Å²) in [7, 11) is 1.49. The Labute approximate surface area is 124 Å². The summed E-state index contributed by atoms with van der Waals surface area (Å²) in [5, 5.41) is 12.3. The smallest absolute Gasteiger partial charge is 0.254 e. The van der Waals surface area contributed by atoms with Crippen molar-refractivity contribution in [1.29, 1.82) is 0 Å². The van der Waals surface area contributed by atoms with Gasteiger partial charge in [0.25, 0.3) is 5.91 Å². The molecule has 0 aromatic heterocycles. The van der Waals surface area contributed by atoms with Crippen LogP contribution in [0.15, 0.2) is 60.7 Å². The van der Waals surface area contributed by atoms with Gasteiger partial charge in [-0.15, -0.1) is 0 Å². The molecule has 0 aliphatic rings. The van der Waals surface area contributed by atoms with Gasteiger partial charge in [0, 0.05) is 7.11 Å². The monoisotopic (exact) mass is 285 g/mol. The molecule has 2 atom stereocenters. The van der Waals surface area contributed by atoms with Gasteiger partial charge in [-0.3, -0.25) is 4.79 Å². The second-order valence-corrected chi connectivity index (χ2v) is 4.68. The van der Waals surface area contributed by atoms with Crippen molar-refractivity contribution in [2.24, 2.45) is 0 Å². The number of benzene rings is 2. The van der Waals surface area contributed by atoms with E-state index in [-0.39, 0.29) is 12.5 Å². The van der Waals surface area contributed by atoms with Crippen molar-refractivity contribution in [2.45, 2.75) is 12.1 Å². The third kappa shape index (κ3) is 3.90. The topological polar surface area (TPSA) is 58.6 Å². The number of hydrogen-bond donors (Lipinski definition) is 2. The molecular weight excluding hydrogens is 266 g/mol. The van der Waals surface area contributed by atoms with Crippen LogP contribution in [0.1, 0.15) is 23.3 Å². The van der Waals surface area contributed by atoms with Gasteiger partial charge in [-0.25, -0.2) is 0 Å². The Morgan fingerprint density at radius 3 is 2.05 bits per heavy atom. The first-order chi connectivity index (χ1) is 10.3. The Hall–Kier alpha value is -2.17. The van der Waals surface area contributed by atoms with E-state index in [1.807, 2.05) is 60.7 Å². The number of aliphatic hydroxyl groups is 1. The number of rotatable bonds is 6. The number of carbonyl (C=O) groups is 1. The minimum atomic E-state index is -0.691. The minimum Gasteiger partial charge on any atom is -0.394 e. The van der Waals surface area contributed by atoms with Gasteiger partial charge in [0.1, 0.15) is 0 Å². The lowest BCUT2D eigenvalue weighted by atomic mass is 10.1. The van der Waals surface area contributed by atoms with Crippen molar-refractivity contribution < 1.29 is 14.6 Å². The lowest BCUT2D eigenvalue weighted by molar-refractivity contribution is -0.132. The van der Waals surface area contributed by atoms with E-state index in [1.165, 1.54) is 7.11 Å². The maximum absolute atomic E-state index is 12.4. The molecule has 110 valence electrons. The Balaban J connectivity index is 2.11. The van der Waals surface area contributed by atoms with Crippen molar-refractivity contribution in [2.75, 3.05) is 13.7 Å². The first-order valence-corrected chi connectivity index (χ1v) is 6.80. The van der Waals surface area contributed by atoms with Gasteiger partial charge in [-0.05, 0) is 11.1 Å². The van der Waals surface area contributed by atoms with Crippen LogP contribution in [0.2, 0.25) is 0 Å². The zero-order valence-electron chi connectivity index (χ0n) is 11.9. The quantitative estimate of drug-likeness (QED) is 0.855. The molecule has 2 aromatic rings. The molecule has 0 aliphatic heterocycles. The van der Waals surface area contributed by atoms with Gasteiger partial charge in [0.2, 0.25) is 0 Å². The number of hydrogen-bond acceptors (Lipinski definition) is 3. The van der Waals surface area contributed by atoms with Crippen LogP contribution in [0.25, 0.3) is 0 Å². The zero-order chi connectivity index (χ0) is 15.1. The molecular formula is C17H19NO3. The third-order valence-electron chi connectivity index (χ3n) is 3.28. The number of aliphatic hydroxyl groups excluding tert-OH is 1. The molecule has 1 amide bonds. The van der Waals surface area contributed by atoms with Gasteiger partial charge < -0.3 is 15.2 Å². The molecule has 4 heteroatoms. The molecule has 2 aromatic carbocycles. The van der Waals surface area contributed by atoms with Crippen molar-refractivity contribution in [3.8, 4) is 0 Å². The predicted octanol–water partition coefficient (Wildman–Crippen LogP) is 2.22. The van der Waals surface area contributed by atoms with Crippen LogP contribution >= 0.6 is 0 Å². The average molecular weight is 285 g/mol. The second kappa shape index (κ2) is 7.57.